The third-order valence-electron chi connectivity index (χ3n) is 8.56. The van der Waals surface area contributed by atoms with Crippen molar-refractivity contribution in [2.24, 2.45) is 5.92 Å². The van der Waals surface area contributed by atoms with Crippen LogP contribution in [0.2, 0.25) is 0 Å². The smallest absolute Gasteiger partial charge is 0.326 e. The molecule has 2 aliphatic rings. The van der Waals surface area contributed by atoms with Gasteiger partial charge in [-0.05, 0) is 86.7 Å². The average Bonchev–Trinajstić information content (AvgIpc) is 3.53. The second kappa shape index (κ2) is 11.7. The maximum absolute atomic E-state index is 13.4. The highest BCUT2D eigenvalue weighted by Crippen LogP contribution is 2.39. The molecule has 1 aliphatic carbocycles. The van der Waals surface area contributed by atoms with Crippen molar-refractivity contribution in [1.82, 2.24) is 15.3 Å². The van der Waals surface area contributed by atoms with Crippen molar-refractivity contribution in [2.45, 2.75) is 63.7 Å². The van der Waals surface area contributed by atoms with E-state index in [-0.39, 0.29) is 23.2 Å². The molecule has 0 unspecified atom stereocenters. The highest BCUT2D eigenvalue weighted by Gasteiger charge is 2.35. The molecule has 1 aliphatic heterocycles. The van der Waals surface area contributed by atoms with Gasteiger partial charge in [0, 0.05) is 41.2 Å². The van der Waals surface area contributed by atoms with Crippen LogP contribution < -0.4 is 15.5 Å². The largest absolute Gasteiger partial charge is 0.416 e. The first kappa shape index (κ1) is 28.2. The van der Waals surface area contributed by atoms with Crippen LogP contribution in [0.3, 0.4) is 0 Å². The summed E-state index contributed by atoms with van der Waals surface area (Å²) in [5.74, 6) is 0.138. The van der Waals surface area contributed by atoms with E-state index in [1.807, 2.05) is 36.5 Å². The van der Waals surface area contributed by atoms with Crippen molar-refractivity contribution in [3.05, 3.63) is 89.7 Å². The molecule has 0 spiro atoms. The summed E-state index contributed by atoms with van der Waals surface area (Å²) in [7, 11) is 0. The molecule has 1 saturated heterocycles. The first-order valence-corrected chi connectivity index (χ1v) is 14.6. The van der Waals surface area contributed by atoms with E-state index < -0.39 is 17.7 Å². The number of carbonyl (C=O) groups excluding carboxylic acids is 1. The first-order chi connectivity index (χ1) is 20.3. The Kier molecular flexibility index (Phi) is 7.86. The summed E-state index contributed by atoms with van der Waals surface area (Å²) in [6.07, 6.45) is 5.10. The minimum absolute atomic E-state index is 0.124. The van der Waals surface area contributed by atoms with Gasteiger partial charge in [-0.15, -0.1) is 0 Å². The van der Waals surface area contributed by atoms with E-state index in [9.17, 15) is 18.0 Å². The van der Waals surface area contributed by atoms with Crippen molar-refractivity contribution < 1.29 is 18.0 Å². The van der Waals surface area contributed by atoms with Crippen LogP contribution >= 0.6 is 0 Å². The van der Waals surface area contributed by atoms with Crippen LogP contribution in [0, 0.1) is 12.8 Å². The SMILES string of the molecule is Cc1ccc(NC(=O)[C@H]2CCCN[C@H]2c2ccc(N(c3nccc4cccnc34)C3CCCC3)cc2)cc1C(F)(F)F. The number of nitrogens with zero attached hydrogens (tertiary/aromatic N) is 3. The number of nitrogens with one attached hydrogen (secondary N) is 2. The van der Waals surface area contributed by atoms with E-state index >= 15 is 0 Å². The Balaban J connectivity index is 1.27. The molecular weight excluding hydrogens is 539 g/mol. The van der Waals surface area contributed by atoms with Gasteiger partial charge in [-0.2, -0.15) is 13.2 Å². The van der Waals surface area contributed by atoms with Crippen molar-refractivity contribution in [3.63, 3.8) is 0 Å². The Morgan fingerprint density at radius 3 is 2.50 bits per heavy atom. The maximum atomic E-state index is 13.4. The van der Waals surface area contributed by atoms with Crippen LogP contribution in [0.15, 0.2) is 73.1 Å². The number of amides is 1. The molecule has 2 N–H and O–H groups in total. The van der Waals surface area contributed by atoms with Gasteiger partial charge in [0.1, 0.15) is 5.52 Å². The predicted octanol–water partition coefficient (Wildman–Crippen LogP) is 7.72. The number of pyridine rings is 2. The number of rotatable bonds is 6. The van der Waals surface area contributed by atoms with E-state index in [0.717, 1.165) is 59.8 Å². The molecule has 1 saturated carbocycles. The van der Waals surface area contributed by atoms with Crippen LogP contribution in [-0.4, -0.2) is 28.5 Å². The molecule has 42 heavy (non-hydrogen) atoms. The Morgan fingerprint density at radius 1 is 0.952 bits per heavy atom. The van der Waals surface area contributed by atoms with Gasteiger partial charge in [0.05, 0.1) is 11.5 Å². The summed E-state index contributed by atoms with van der Waals surface area (Å²) in [5.41, 5.74) is 2.39. The number of carbonyl (C=O) groups is 1. The summed E-state index contributed by atoms with van der Waals surface area (Å²) in [4.78, 5) is 25.1. The van der Waals surface area contributed by atoms with Gasteiger partial charge in [0.2, 0.25) is 5.91 Å². The molecule has 2 aromatic carbocycles. The quantitative estimate of drug-likeness (QED) is 0.247. The van der Waals surface area contributed by atoms with Crippen molar-refractivity contribution >= 4 is 34.0 Å². The Bertz CT molecular complexity index is 1560. The molecular formula is C33H34F3N5O. The number of hydrogen-bond donors (Lipinski definition) is 2. The number of piperidine rings is 1. The van der Waals surface area contributed by atoms with Gasteiger partial charge in [0.25, 0.3) is 0 Å². The van der Waals surface area contributed by atoms with Crippen molar-refractivity contribution in [1.29, 1.82) is 0 Å². The number of aromatic nitrogens is 2. The Hall–Kier alpha value is -3.98. The fourth-order valence-electron chi connectivity index (χ4n) is 6.44. The summed E-state index contributed by atoms with van der Waals surface area (Å²) in [5, 5.41) is 7.27. The highest BCUT2D eigenvalue weighted by atomic mass is 19.4. The van der Waals surface area contributed by atoms with Crippen LogP contribution in [-0.2, 0) is 11.0 Å². The maximum Gasteiger partial charge on any atom is 0.416 e. The summed E-state index contributed by atoms with van der Waals surface area (Å²) < 4.78 is 40.3. The molecule has 4 aromatic rings. The zero-order valence-corrected chi connectivity index (χ0v) is 23.5. The van der Waals surface area contributed by atoms with E-state index in [4.69, 9.17) is 4.98 Å². The molecule has 2 atom stereocenters. The van der Waals surface area contributed by atoms with Gasteiger partial charge >= 0.3 is 6.18 Å². The van der Waals surface area contributed by atoms with Crippen LogP contribution in [0.4, 0.5) is 30.4 Å². The third-order valence-corrected chi connectivity index (χ3v) is 8.56. The fourth-order valence-corrected chi connectivity index (χ4v) is 6.44. The topological polar surface area (TPSA) is 70.2 Å². The summed E-state index contributed by atoms with van der Waals surface area (Å²) in [6.45, 7) is 2.18. The number of benzene rings is 2. The van der Waals surface area contributed by atoms with Gasteiger partial charge in [0.15, 0.2) is 5.82 Å². The van der Waals surface area contributed by atoms with E-state index in [2.05, 4.69) is 32.7 Å². The van der Waals surface area contributed by atoms with E-state index in [1.165, 1.54) is 31.9 Å². The first-order valence-electron chi connectivity index (χ1n) is 14.6. The predicted molar refractivity (Wildman–Crippen MR) is 159 cm³/mol. The molecule has 2 aromatic heterocycles. The van der Waals surface area contributed by atoms with Crippen LogP contribution in [0.5, 0.6) is 0 Å². The number of hydrogen-bond acceptors (Lipinski definition) is 5. The third kappa shape index (κ3) is 5.70. The number of alkyl halides is 3. The zero-order chi connectivity index (χ0) is 29.3. The normalized spacial score (nSPS) is 19.6. The van der Waals surface area contributed by atoms with Gasteiger partial charge in [-0.25, -0.2) is 4.98 Å². The zero-order valence-electron chi connectivity index (χ0n) is 23.5. The molecule has 6 nitrogen and oxygen atoms in total. The lowest BCUT2D eigenvalue weighted by molar-refractivity contribution is -0.138. The average molecular weight is 574 g/mol. The second-order valence-electron chi connectivity index (χ2n) is 11.3. The fraction of sp³-hybridized carbons (Fsp3) is 0.364. The monoisotopic (exact) mass is 573 g/mol. The standard InChI is InChI=1S/C33H34F3N5O/c1-21-10-13-24(20-28(21)33(34,35)36)40-32(42)27-9-5-18-37-29(27)23-11-14-26(15-12-23)41(25-7-2-3-8-25)31-30-22(16-19-39-31)6-4-17-38-30/h4,6,10-17,19-20,25,27,29,37H,2-3,5,7-9,18H2,1H3,(H,40,42)/t27-,29-/m0/s1. The molecule has 6 rings (SSSR count). The Labute approximate surface area is 243 Å². The number of aryl methyl sites for hydroxylation is 1. The lowest BCUT2D eigenvalue weighted by atomic mass is 9.85. The van der Waals surface area contributed by atoms with Gasteiger partial charge < -0.3 is 15.5 Å². The Morgan fingerprint density at radius 2 is 1.74 bits per heavy atom. The van der Waals surface area contributed by atoms with E-state index in [0.29, 0.717) is 12.5 Å². The van der Waals surface area contributed by atoms with Crippen LogP contribution in [0.1, 0.15) is 61.3 Å². The van der Waals surface area contributed by atoms with Gasteiger partial charge in [-0.3, -0.25) is 9.78 Å². The molecule has 0 radical (unpaired) electrons. The lowest BCUT2D eigenvalue weighted by Gasteiger charge is -2.33. The molecule has 9 heteroatoms. The molecule has 0 bridgehead atoms. The minimum Gasteiger partial charge on any atom is -0.326 e. The summed E-state index contributed by atoms with van der Waals surface area (Å²) >= 11 is 0. The second-order valence-corrected chi connectivity index (χ2v) is 11.3. The van der Waals surface area contributed by atoms with Crippen molar-refractivity contribution in [2.75, 3.05) is 16.8 Å². The van der Waals surface area contributed by atoms with E-state index in [1.54, 1.807) is 6.20 Å². The molecule has 3 heterocycles. The summed E-state index contributed by atoms with van der Waals surface area (Å²) in [6, 6.07) is 18.2. The van der Waals surface area contributed by atoms with Gasteiger partial charge in [-0.1, -0.05) is 37.1 Å². The minimum atomic E-state index is -4.48. The molecule has 218 valence electrons. The van der Waals surface area contributed by atoms with Crippen molar-refractivity contribution in [3.8, 4) is 0 Å². The van der Waals surface area contributed by atoms with Crippen LogP contribution in [0.25, 0.3) is 10.9 Å². The number of fused-ring (bicyclic) bond motifs is 1. The number of halogens is 3. The highest BCUT2D eigenvalue weighted by molar-refractivity contribution is 5.93. The molecule has 1 amide bonds. The lowest BCUT2D eigenvalue weighted by Crippen LogP contribution is -2.40. The number of anilines is 3. The molecule has 2 fully saturated rings.